The van der Waals surface area contributed by atoms with Crippen molar-refractivity contribution in [3.63, 3.8) is 0 Å². The van der Waals surface area contributed by atoms with Crippen LogP contribution in [0.3, 0.4) is 0 Å². The van der Waals surface area contributed by atoms with E-state index < -0.39 is 11.7 Å². The van der Waals surface area contributed by atoms with Gasteiger partial charge in [-0.2, -0.15) is 0 Å². The maximum Gasteiger partial charge on any atom is 0.336 e. The molecule has 1 amide bonds. The van der Waals surface area contributed by atoms with Gasteiger partial charge < -0.3 is 18.8 Å². The molecule has 4 rings (SSSR count). The average molecular weight is 435 g/mol. The zero-order chi connectivity index (χ0) is 22.7. The SMILES string of the molecule is COC(=O)C1CCCN(C(=O)C(C)Oc2ccc3c(-c4ccccc4)cc(=O)oc3c2)C1. The number of benzene rings is 2. The fourth-order valence-corrected chi connectivity index (χ4v) is 4.12. The smallest absolute Gasteiger partial charge is 0.336 e. The van der Waals surface area contributed by atoms with Crippen LogP contribution in [0.25, 0.3) is 22.1 Å². The molecule has 7 nitrogen and oxygen atoms in total. The van der Waals surface area contributed by atoms with Crippen molar-refractivity contribution in [1.82, 2.24) is 4.90 Å². The van der Waals surface area contributed by atoms with Crippen molar-refractivity contribution in [2.45, 2.75) is 25.9 Å². The van der Waals surface area contributed by atoms with Crippen LogP contribution in [0.4, 0.5) is 0 Å². The van der Waals surface area contributed by atoms with Crippen LogP contribution in [0, 0.1) is 5.92 Å². The Labute approximate surface area is 185 Å². The van der Waals surface area contributed by atoms with Crippen LogP contribution in [-0.4, -0.2) is 43.1 Å². The Kier molecular flexibility index (Phi) is 6.25. The standard InChI is InChI=1S/C25H25NO6/c1-16(24(28)26-12-6-9-18(15-26)25(29)30-2)31-19-10-11-20-21(17-7-4-3-5-8-17)14-23(27)32-22(20)13-19/h3-5,7-8,10-11,13-14,16,18H,6,9,12,15H2,1-2H3. The second-order valence-electron chi connectivity index (χ2n) is 7.91. The van der Waals surface area contributed by atoms with E-state index in [1.807, 2.05) is 36.4 Å². The topological polar surface area (TPSA) is 86.0 Å². The first-order chi connectivity index (χ1) is 15.5. The predicted molar refractivity (Wildman–Crippen MR) is 119 cm³/mol. The molecule has 1 saturated heterocycles. The van der Waals surface area contributed by atoms with Crippen molar-refractivity contribution >= 4 is 22.8 Å². The van der Waals surface area contributed by atoms with Crippen LogP contribution in [-0.2, 0) is 14.3 Å². The van der Waals surface area contributed by atoms with Gasteiger partial charge in [-0.05, 0) is 43.0 Å². The second kappa shape index (κ2) is 9.26. The third kappa shape index (κ3) is 4.51. The fraction of sp³-hybridized carbons (Fsp3) is 0.320. The third-order valence-electron chi connectivity index (χ3n) is 5.73. The molecule has 2 atom stereocenters. The molecule has 2 unspecified atom stereocenters. The summed E-state index contributed by atoms with van der Waals surface area (Å²) in [4.78, 5) is 38.5. The lowest BCUT2D eigenvalue weighted by Crippen LogP contribution is -2.47. The van der Waals surface area contributed by atoms with Gasteiger partial charge in [0, 0.05) is 30.6 Å². The number of piperidine rings is 1. The number of rotatable bonds is 5. The molecular weight excluding hydrogens is 410 g/mol. The normalized spacial score (nSPS) is 17.1. The van der Waals surface area contributed by atoms with Crippen LogP contribution in [0.2, 0.25) is 0 Å². The van der Waals surface area contributed by atoms with E-state index in [4.69, 9.17) is 13.9 Å². The summed E-state index contributed by atoms with van der Waals surface area (Å²) in [6, 6.07) is 16.3. The van der Waals surface area contributed by atoms with E-state index in [0.29, 0.717) is 30.8 Å². The Bertz CT molecular complexity index is 1190. The number of nitrogens with zero attached hydrogens (tertiary/aromatic N) is 1. The van der Waals surface area contributed by atoms with E-state index >= 15 is 0 Å². The van der Waals surface area contributed by atoms with Crippen LogP contribution in [0.1, 0.15) is 19.8 Å². The Morgan fingerprint density at radius 1 is 1.12 bits per heavy atom. The highest BCUT2D eigenvalue weighted by molar-refractivity contribution is 5.93. The first-order valence-corrected chi connectivity index (χ1v) is 10.6. The van der Waals surface area contributed by atoms with E-state index in [1.165, 1.54) is 13.2 Å². The Hall–Kier alpha value is -3.61. The number of likely N-dealkylation sites (tertiary alicyclic amines) is 1. The predicted octanol–water partition coefficient (Wildman–Crippen LogP) is 3.64. The van der Waals surface area contributed by atoms with Crippen molar-refractivity contribution in [3.05, 3.63) is 65.0 Å². The van der Waals surface area contributed by atoms with E-state index in [1.54, 1.807) is 24.0 Å². The molecule has 7 heteroatoms. The van der Waals surface area contributed by atoms with Gasteiger partial charge in [0.05, 0.1) is 13.0 Å². The summed E-state index contributed by atoms with van der Waals surface area (Å²) < 4.78 is 16.1. The van der Waals surface area contributed by atoms with Crippen molar-refractivity contribution in [2.75, 3.05) is 20.2 Å². The molecule has 166 valence electrons. The van der Waals surface area contributed by atoms with Crippen molar-refractivity contribution in [2.24, 2.45) is 5.92 Å². The summed E-state index contributed by atoms with van der Waals surface area (Å²) in [5, 5.41) is 0.777. The highest BCUT2D eigenvalue weighted by Crippen LogP contribution is 2.30. The molecule has 1 aliphatic heterocycles. The summed E-state index contributed by atoms with van der Waals surface area (Å²) >= 11 is 0. The molecule has 3 aromatic rings. The lowest BCUT2D eigenvalue weighted by molar-refractivity contribution is -0.150. The number of fused-ring (bicyclic) bond motifs is 1. The molecule has 0 N–H and O–H groups in total. The number of hydrogen-bond donors (Lipinski definition) is 0. The largest absolute Gasteiger partial charge is 0.481 e. The fourth-order valence-electron chi connectivity index (χ4n) is 4.12. The zero-order valence-electron chi connectivity index (χ0n) is 18.1. The number of amides is 1. The van der Waals surface area contributed by atoms with Gasteiger partial charge in [-0.25, -0.2) is 4.79 Å². The van der Waals surface area contributed by atoms with Crippen molar-refractivity contribution < 1.29 is 23.5 Å². The number of esters is 1. The minimum absolute atomic E-state index is 0.196. The quantitative estimate of drug-likeness (QED) is 0.449. The van der Waals surface area contributed by atoms with Gasteiger partial charge in [0.25, 0.3) is 5.91 Å². The molecule has 0 spiro atoms. The van der Waals surface area contributed by atoms with Crippen LogP contribution < -0.4 is 10.4 Å². The van der Waals surface area contributed by atoms with Gasteiger partial charge in [-0.15, -0.1) is 0 Å². The first kappa shape index (κ1) is 21.6. The van der Waals surface area contributed by atoms with Gasteiger partial charge in [0.1, 0.15) is 11.3 Å². The Morgan fingerprint density at radius 3 is 2.66 bits per heavy atom. The summed E-state index contributed by atoms with van der Waals surface area (Å²) in [6.07, 6.45) is 0.689. The highest BCUT2D eigenvalue weighted by atomic mass is 16.5. The molecule has 0 saturated carbocycles. The van der Waals surface area contributed by atoms with Gasteiger partial charge in [0.15, 0.2) is 6.10 Å². The highest BCUT2D eigenvalue weighted by Gasteiger charge is 2.31. The minimum atomic E-state index is -0.757. The number of ether oxygens (including phenoxy) is 2. The Morgan fingerprint density at radius 2 is 1.91 bits per heavy atom. The number of carbonyl (C=O) groups excluding carboxylic acids is 2. The number of methoxy groups -OCH3 is 1. The lowest BCUT2D eigenvalue weighted by atomic mass is 9.98. The average Bonchev–Trinajstić information content (AvgIpc) is 2.82. The number of carbonyl (C=O) groups is 2. The molecular formula is C25H25NO6. The molecule has 1 aliphatic rings. The maximum absolute atomic E-state index is 12.9. The molecule has 32 heavy (non-hydrogen) atoms. The van der Waals surface area contributed by atoms with Gasteiger partial charge >= 0.3 is 11.6 Å². The lowest BCUT2D eigenvalue weighted by Gasteiger charge is -2.33. The first-order valence-electron chi connectivity index (χ1n) is 10.6. The molecule has 0 bridgehead atoms. The van der Waals surface area contributed by atoms with E-state index in [2.05, 4.69) is 0 Å². The van der Waals surface area contributed by atoms with Gasteiger partial charge in [-0.1, -0.05) is 30.3 Å². The summed E-state index contributed by atoms with van der Waals surface area (Å²) in [5.41, 5.74) is 1.61. The molecule has 0 radical (unpaired) electrons. The van der Waals surface area contributed by atoms with Crippen LogP contribution in [0.15, 0.2) is 63.8 Å². The summed E-state index contributed by atoms with van der Waals surface area (Å²) in [7, 11) is 1.36. The molecule has 2 aromatic carbocycles. The van der Waals surface area contributed by atoms with Gasteiger partial charge in [0.2, 0.25) is 0 Å². The van der Waals surface area contributed by atoms with Crippen LogP contribution in [0.5, 0.6) is 5.75 Å². The molecule has 1 aromatic heterocycles. The zero-order valence-corrected chi connectivity index (χ0v) is 18.1. The van der Waals surface area contributed by atoms with E-state index in [9.17, 15) is 14.4 Å². The molecule has 1 fully saturated rings. The molecule has 2 heterocycles. The van der Waals surface area contributed by atoms with E-state index in [-0.39, 0.29) is 17.8 Å². The van der Waals surface area contributed by atoms with E-state index in [0.717, 1.165) is 22.9 Å². The minimum Gasteiger partial charge on any atom is -0.481 e. The monoisotopic (exact) mass is 435 g/mol. The van der Waals surface area contributed by atoms with Crippen LogP contribution >= 0.6 is 0 Å². The number of hydrogen-bond acceptors (Lipinski definition) is 6. The third-order valence-corrected chi connectivity index (χ3v) is 5.73. The van der Waals surface area contributed by atoms with Crippen molar-refractivity contribution in [3.8, 4) is 16.9 Å². The van der Waals surface area contributed by atoms with Crippen molar-refractivity contribution in [1.29, 1.82) is 0 Å². The van der Waals surface area contributed by atoms with Gasteiger partial charge in [-0.3, -0.25) is 9.59 Å². The summed E-state index contributed by atoms with van der Waals surface area (Å²) in [5.74, 6) is -0.377. The molecule has 0 aliphatic carbocycles. The summed E-state index contributed by atoms with van der Waals surface area (Å²) in [6.45, 7) is 2.57. The Balaban J connectivity index is 1.53. The second-order valence-corrected chi connectivity index (χ2v) is 7.91. The maximum atomic E-state index is 12.9.